The Morgan fingerprint density at radius 3 is 2.00 bits per heavy atom. The van der Waals surface area contributed by atoms with Gasteiger partial charge in [-0.3, -0.25) is 9.59 Å². The molecule has 0 aromatic heterocycles. The normalized spacial score (nSPS) is 16.6. The first-order chi connectivity index (χ1) is 7.36. The van der Waals surface area contributed by atoms with Crippen molar-refractivity contribution in [2.75, 3.05) is 0 Å². The molecule has 0 heterocycles. The Labute approximate surface area is 97.5 Å². The molecule has 90 valence electrons. The third-order valence-electron chi connectivity index (χ3n) is 2.93. The van der Waals surface area contributed by atoms with E-state index >= 15 is 0 Å². The van der Waals surface area contributed by atoms with E-state index in [1.54, 1.807) is 0 Å². The second-order valence-electron chi connectivity index (χ2n) is 4.90. The van der Waals surface area contributed by atoms with Crippen LogP contribution in [-0.4, -0.2) is 28.6 Å². The van der Waals surface area contributed by atoms with Gasteiger partial charge in [0.25, 0.3) is 0 Å². The summed E-state index contributed by atoms with van der Waals surface area (Å²) in [5.41, 5.74) is 1.38. The molecular weight excluding hydrogens is 202 g/mol. The lowest BCUT2D eigenvalue weighted by molar-refractivity contribution is -0.119. The van der Waals surface area contributed by atoms with Crippen LogP contribution in [-0.2, 0) is 9.59 Å². The summed E-state index contributed by atoms with van der Waals surface area (Å²) in [4.78, 5) is 25.4. The smallest absolute Gasteiger partial charge is 0.168 e. The number of hydrogen-bond acceptors (Lipinski definition) is 3. The lowest BCUT2D eigenvalue weighted by Gasteiger charge is -2.34. The maximum absolute atomic E-state index is 11.7. The fraction of sp³-hybridized carbons (Fsp3) is 0.692. The molecule has 0 spiro atoms. The number of carbonyl (C=O) groups is 2. The Balaban J connectivity index is 3.17. The van der Waals surface area contributed by atoms with Gasteiger partial charge in [-0.25, -0.2) is 0 Å². The number of carbonyl (C=O) groups excluding carboxylic acids is 2. The lowest BCUT2D eigenvalue weighted by atomic mass is 10.1. The van der Waals surface area contributed by atoms with E-state index in [4.69, 9.17) is 0 Å². The summed E-state index contributed by atoms with van der Waals surface area (Å²) in [6, 6.07) is 0.630. The fourth-order valence-corrected chi connectivity index (χ4v) is 2.52. The highest BCUT2D eigenvalue weighted by atomic mass is 16.1. The Hall–Kier alpha value is -1.12. The fourth-order valence-electron chi connectivity index (χ4n) is 2.52. The molecule has 1 rings (SSSR count). The SMILES string of the molecule is CC(=O)C1=C(N(C(C)C)C(C)C)CCC1=O. The Morgan fingerprint density at radius 2 is 1.62 bits per heavy atom. The number of nitrogens with zero attached hydrogens (tertiary/aromatic N) is 1. The van der Waals surface area contributed by atoms with Crippen molar-refractivity contribution < 1.29 is 9.59 Å². The van der Waals surface area contributed by atoms with Crippen LogP contribution in [0.25, 0.3) is 0 Å². The molecule has 0 amide bonds. The van der Waals surface area contributed by atoms with Crippen molar-refractivity contribution >= 4 is 11.6 Å². The first-order valence-corrected chi connectivity index (χ1v) is 5.91. The lowest BCUT2D eigenvalue weighted by Crippen LogP contribution is -2.36. The maximum Gasteiger partial charge on any atom is 0.168 e. The highest BCUT2D eigenvalue weighted by molar-refractivity contribution is 6.21. The Bertz CT molecular complexity index is 332. The minimum Gasteiger partial charge on any atom is -0.369 e. The number of ketones is 2. The van der Waals surface area contributed by atoms with Crippen molar-refractivity contribution in [2.24, 2.45) is 0 Å². The zero-order valence-electron chi connectivity index (χ0n) is 10.8. The molecule has 0 unspecified atom stereocenters. The quantitative estimate of drug-likeness (QED) is 0.686. The molecule has 0 aromatic carbocycles. The molecule has 3 nitrogen and oxygen atoms in total. The van der Waals surface area contributed by atoms with Gasteiger partial charge in [-0.15, -0.1) is 0 Å². The average Bonchev–Trinajstić information content (AvgIpc) is 2.46. The summed E-state index contributed by atoms with van der Waals surface area (Å²) in [6.45, 7) is 9.85. The molecule has 1 aliphatic rings. The Morgan fingerprint density at radius 1 is 1.12 bits per heavy atom. The zero-order chi connectivity index (χ0) is 12.5. The van der Waals surface area contributed by atoms with E-state index < -0.39 is 0 Å². The van der Waals surface area contributed by atoms with E-state index in [1.165, 1.54) is 6.92 Å². The summed E-state index contributed by atoms with van der Waals surface area (Å²) < 4.78 is 0. The predicted octanol–water partition coefficient (Wildman–Crippen LogP) is 2.31. The molecular formula is C13H21NO2. The van der Waals surface area contributed by atoms with Gasteiger partial charge >= 0.3 is 0 Å². The highest BCUT2D eigenvalue weighted by Crippen LogP contribution is 2.29. The summed E-state index contributed by atoms with van der Waals surface area (Å²) >= 11 is 0. The van der Waals surface area contributed by atoms with Gasteiger partial charge in [0.05, 0.1) is 5.57 Å². The van der Waals surface area contributed by atoms with Gasteiger partial charge in [0.15, 0.2) is 11.6 Å². The molecule has 1 aliphatic carbocycles. The van der Waals surface area contributed by atoms with Gasteiger partial charge in [0.1, 0.15) is 0 Å². The third kappa shape index (κ3) is 2.34. The molecule has 0 N–H and O–H groups in total. The van der Waals surface area contributed by atoms with E-state index in [0.29, 0.717) is 30.5 Å². The summed E-state index contributed by atoms with van der Waals surface area (Å²) in [5.74, 6) is -0.0856. The van der Waals surface area contributed by atoms with E-state index in [0.717, 1.165) is 5.70 Å². The van der Waals surface area contributed by atoms with Crippen LogP contribution in [0.5, 0.6) is 0 Å². The van der Waals surface area contributed by atoms with Crippen molar-refractivity contribution in [3.63, 3.8) is 0 Å². The van der Waals surface area contributed by atoms with Gasteiger partial charge in [-0.1, -0.05) is 0 Å². The van der Waals surface area contributed by atoms with Crippen LogP contribution in [0, 0.1) is 0 Å². The molecule has 0 atom stereocenters. The monoisotopic (exact) mass is 223 g/mol. The summed E-state index contributed by atoms with van der Waals surface area (Å²) in [5, 5.41) is 0. The Kier molecular flexibility index (Phi) is 3.89. The van der Waals surface area contributed by atoms with Crippen LogP contribution >= 0.6 is 0 Å². The molecule has 0 saturated heterocycles. The number of Topliss-reactive ketones (excluding diaryl/α,β-unsaturated/α-hetero) is 2. The summed E-state index contributed by atoms with van der Waals surface area (Å²) in [6.07, 6.45) is 1.20. The molecule has 3 heteroatoms. The van der Waals surface area contributed by atoms with Gasteiger partial charge in [-0.05, 0) is 41.0 Å². The number of hydrogen-bond donors (Lipinski definition) is 0. The number of rotatable bonds is 4. The van der Waals surface area contributed by atoms with E-state index in [1.807, 2.05) is 0 Å². The van der Waals surface area contributed by atoms with Gasteiger partial charge in [0.2, 0.25) is 0 Å². The van der Waals surface area contributed by atoms with E-state index in [-0.39, 0.29) is 11.6 Å². The van der Waals surface area contributed by atoms with Gasteiger partial charge < -0.3 is 4.90 Å². The molecule has 0 aromatic rings. The van der Waals surface area contributed by atoms with Crippen LogP contribution in [0.2, 0.25) is 0 Å². The average molecular weight is 223 g/mol. The molecule has 0 aliphatic heterocycles. The van der Waals surface area contributed by atoms with E-state index in [2.05, 4.69) is 32.6 Å². The van der Waals surface area contributed by atoms with Crippen molar-refractivity contribution in [1.29, 1.82) is 0 Å². The topological polar surface area (TPSA) is 37.4 Å². The van der Waals surface area contributed by atoms with Gasteiger partial charge in [-0.2, -0.15) is 0 Å². The van der Waals surface area contributed by atoms with E-state index in [9.17, 15) is 9.59 Å². The van der Waals surface area contributed by atoms with Gasteiger partial charge in [0, 0.05) is 24.2 Å². The minimum atomic E-state index is -0.0937. The second-order valence-corrected chi connectivity index (χ2v) is 4.90. The molecule has 0 saturated carbocycles. The molecule has 0 fully saturated rings. The molecule has 0 radical (unpaired) electrons. The van der Waals surface area contributed by atoms with Crippen molar-refractivity contribution in [1.82, 2.24) is 4.90 Å². The molecule has 0 bridgehead atoms. The highest BCUT2D eigenvalue weighted by Gasteiger charge is 2.31. The van der Waals surface area contributed by atoms with Crippen LogP contribution in [0.1, 0.15) is 47.5 Å². The minimum absolute atomic E-state index is 0.00815. The molecule has 16 heavy (non-hydrogen) atoms. The van der Waals surface area contributed by atoms with Crippen LogP contribution in [0.4, 0.5) is 0 Å². The first kappa shape index (κ1) is 12.9. The first-order valence-electron chi connectivity index (χ1n) is 5.91. The van der Waals surface area contributed by atoms with Crippen LogP contribution < -0.4 is 0 Å². The van der Waals surface area contributed by atoms with Crippen molar-refractivity contribution in [3.05, 3.63) is 11.3 Å². The van der Waals surface area contributed by atoms with Crippen molar-refractivity contribution in [3.8, 4) is 0 Å². The summed E-state index contributed by atoms with van der Waals surface area (Å²) in [7, 11) is 0. The predicted molar refractivity (Wildman–Crippen MR) is 64.1 cm³/mol. The maximum atomic E-state index is 11.7. The standard InChI is InChI=1S/C13H21NO2/c1-8(2)14(9(3)4)11-6-7-12(16)13(11)10(5)15/h8-9H,6-7H2,1-5H3. The van der Waals surface area contributed by atoms with Crippen LogP contribution in [0.15, 0.2) is 11.3 Å². The largest absolute Gasteiger partial charge is 0.369 e. The second kappa shape index (κ2) is 4.81. The zero-order valence-corrected chi connectivity index (χ0v) is 10.8. The van der Waals surface area contributed by atoms with Crippen molar-refractivity contribution in [2.45, 2.75) is 59.5 Å². The van der Waals surface area contributed by atoms with Crippen LogP contribution in [0.3, 0.4) is 0 Å². The number of allylic oxidation sites excluding steroid dienone is 2. The third-order valence-corrected chi connectivity index (χ3v) is 2.93.